The molecule has 7 nitrogen and oxygen atoms in total. The predicted molar refractivity (Wildman–Crippen MR) is 102 cm³/mol. The average molecular weight is 379 g/mol. The number of anilines is 1. The van der Waals surface area contributed by atoms with Crippen molar-refractivity contribution < 1.29 is 19.0 Å². The van der Waals surface area contributed by atoms with Crippen LogP contribution in [-0.2, 0) is 5.41 Å². The molecule has 1 heterocycles. The van der Waals surface area contributed by atoms with Crippen LogP contribution < -0.4 is 19.5 Å². The van der Waals surface area contributed by atoms with Gasteiger partial charge in [0.05, 0.1) is 21.3 Å². The van der Waals surface area contributed by atoms with Crippen LogP contribution in [0.4, 0.5) is 5.13 Å². The fourth-order valence-corrected chi connectivity index (χ4v) is 3.48. The summed E-state index contributed by atoms with van der Waals surface area (Å²) in [7, 11) is 4.51. The van der Waals surface area contributed by atoms with E-state index in [1.165, 1.54) is 32.7 Å². The number of aromatic nitrogens is 2. The molecule has 1 aromatic heterocycles. The van der Waals surface area contributed by atoms with E-state index in [1.54, 1.807) is 12.1 Å². The SMILES string of the molecule is CCC(C)(CC)c1nnc(NC(=O)c2c(OC)cc(OC)cc2OC)s1. The lowest BCUT2D eigenvalue weighted by Crippen LogP contribution is -2.19. The number of benzene rings is 1. The van der Waals surface area contributed by atoms with Gasteiger partial charge in [-0.1, -0.05) is 32.1 Å². The molecule has 0 fully saturated rings. The van der Waals surface area contributed by atoms with Crippen molar-refractivity contribution >= 4 is 22.4 Å². The summed E-state index contributed by atoms with van der Waals surface area (Å²) in [5.41, 5.74) is 0.233. The summed E-state index contributed by atoms with van der Waals surface area (Å²) in [4.78, 5) is 12.8. The second kappa shape index (κ2) is 8.35. The molecule has 1 aromatic carbocycles. The highest BCUT2D eigenvalue weighted by atomic mass is 32.1. The number of carbonyl (C=O) groups is 1. The zero-order chi connectivity index (χ0) is 19.3. The third kappa shape index (κ3) is 3.90. The summed E-state index contributed by atoms with van der Waals surface area (Å²) in [5, 5.41) is 12.5. The highest BCUT2D eigenvalue weighted by Crippen LogP contribution is 2.36. The van der Waals surface area contributed by atoms with E-state index in [0.717, 1.165) is 17.8 Å². The fourth-order valence-electron chi connectivity index (χ4n) is 2.46. The molecule has 0 aliphatic carbocycles. The van der Waals surface area contributed by atoms with Crippen molar-refractivity contribution in [2.45, 2.75) is 39.0 Å². The molecule has 0 spiro atoms. The zero-order valence-electron chi connectivity index (χ0n) is 16.0. The number of hydrogen-bond donors (Lipinski definition) is 1. The molecule has 142 valence electrons. The number of amides is 1. The Bertz CT molecular complexity index is 747. The summed E-state index contributed by atoms with van der Waals surface area (Å²) in [6.07, 6.45) is 1.90. The number of nitrogens with one attached hydrogen (secondary N) is 1. The minimum absolute atomic E-state index is 0.0455. The summed E-state index contributed by atoms with van der Waals surface area (Å²) in [5.74, 6) is 0.875. The van der Waals surface area contributed by atoms with Crippen LogP contribution in [0.1, 0.15) is 49.0 Å². The summed E-state index contributed by atoms with van der Waals surface area (Å²) < 4.78 is 15.9. The topological polar surface area (TPSA) is 82.6 Å². The van der Waals surface area contributed by atoms with E-state index in [9.17, 15) is 4.79 Å². The highest BCUT2D eigenvalue weighted by Gasteiger charge is 2.28. The van der Waals surface area contributed by atoms with Crippen molar-refractivity contribution in [2.75, 3.05) is 26.6 Å². The quantitative estimate of drug-likeness (QED) is 0.749. The molecule has 0 aliphatic heterocycles. The highest BCUT2D eigenvalue weighted by molar-refractivity contribution is 7.15. The maximum atomic E-state index is 12.8. The molecule has 0 radical (unpaired) electrons. The van der Waals surface area contributed by atoms with Crippen molar-refractivity contribution in [2.24, 2.45) is 0 Å². The van der Waals surface area contributed by atoms with Crippen LogP contribution in [0.2, 0.25) is 0 Å². The van der Waals surface area contributed by atoms with Crippen LogP contribution in [-0.4, -0.2) is 37.4 Å². The van der Waals surface area contributed by atoms with Crippen LogP contribution in [0.3, 0.4) is 0 Å². The van der Waals surface area contributed by atoms with Crippen molar-refractivity contribution in [3.05, 3.63) is 22.7 Å². The second-order valence-electron chi connectivity index (χ2n) is 6.04. The van der Waals surface area contributed by atoms with Gasteiger partial charge in [-0.05, 0) is 12.8 Å². The first-order valence-electron chi connectivity index (χ1n) is 8.37. The van der Waals surface area contributed by atoms with Gasteiger partial charge in [-0.25, -0.2) is 0 Å². The fraction of sp³-hybridized carbons (Fsp3) is 0.500. The minimum atomic E-state index is -0.376. The van der Waals surface area contributed by atoms with E-state index >= 15 is 0 Å². The van der Waals surface area contributed by atoms with Crippen molar-refractivity contribution in [3.63, 3.8) is 0 Å². The molecule has 0 saturated heterocycles. The van der Waals surface area contributed by atoms with Crippen molar-refractivity contribution in [3.8, 4) is 17.2 Å². The second-order valence-corrected chi connectivity index (χ2v) is 7.02. The Balaban J connectivity index is 2.32. The van der Waals surface area contributed by atoms with Crippen LogP contribution in [0, 0.1) is 0 Å². The molecule has 0 aliphatic rings. The lowest BCUT2D eigenvalue weighted by molar-refractivity contribution is 0.102. The minimum Gasteiger partial charge on any atom is -0.496 e. The van der Waals surface area contributed by atoms with Gasteiger partial charge in [0.2, 0.25) is 5.13 Å². The maximum absolute atomic E-state index is 12.8. The lowest BCUT2D eigenvalue weighted by atomic mass is 9.86. The summed E-state index contributed by atoms with van der Waals surface area (Å²) in [6, 6.07) is 3.27. The van der Waals surface area contributed by atoms with E-state index in [2.05, 4.69) is 36.3 Å². The predicted octanol–water partition coefficient (Wildman–Crippen LogP) is 3.89. The van der Waals surface area contributed by atoms with Gasteiger partial charge in [-0.2, -0.15) is 0 Å². The van der Waals surface area contributed by atoms with Gasteiger partial charge in [0.25, 0.3) is 5.91 Å². The first-order chi connectivity index (χ1) is 12.4. The van der Waals surface area contributed by atoms with E-state index in [-0.39, 0.29) is 16.9 Å². The molecule has 8 heteroatoms. The standard InChI is InChI=1S/C18H25N3O4S/c1-7-18(3,8-2)16-20-21-17(26-16)19-15(22)14-12(24-5)9-11(23-4)10-13(14)25-6/h9-10H,7-8H2,1-6H3,(H,19,21,22). The summed E-state index contributed by atoms with van der Waals surface area (Å²) >= 11 is 1.39. The van der Waals surface area contributed by atoms with E-state index in [4.69, 9.17) is 14.2 Å². The van der Waals surface area contributed by atoms with Crippen molar-refractivity contribution in [1.82, 2.24) is 10.2 Å². The van der Waals surface area contributed by atoms with E-state index in [0.29, 0.717) is 22.4 Å². The molecule has 0 atom stereocenters. The van der Waals surface area contributed by atoms with Gasteiger partial charge in [0.15, 0.2) is 0 Å². The number of ether oxygens (including phenoxy) is 3. The molecular formula is C18H25N3O4S. The van der Waals surface area contributed by atoms with Crippen LogP contribution in [0.5, 0.6) is 17.2 Å². The number of rotatable bonds is 8. The molecular weight excluding hydrogens is 354 g/mol. The van der Waals surface area contributed by atoms with Gasteiger partial charge in [0, 0.05) is 17.5 Å². The normalized spacial score (nSPS) is 11.2. The first kappa shape index (κ1) is 20.0. The van der Waals surface area contributed by atoms with Crippen LogP contribution in [0.25, 0.3) is 0 Å². The molecule has 0 unspecified atom stereocenters. The number of carbonyl (C=O) groups excluding carboxylic acids is 1. The lowest BCUT2D eigenvalue weighted by Gasteiger charge is -2.22. The average Bonchev–Trinajstić information content (AvgIpc) is 3.14. The monoisotopic (exact) mass is 379 g/mol. The van der Waals surface area contributed by atoms with Crippen LogP contribution in [0.15, 0.2) is 12.1 Å². The summed E-state index contributed by atoms with van der Waals surface area (Å²) in [6.45, 7) is 6.39. The molecule has 1 amide bonds. The molecule has 0 bridgehead atoms. The van der Waals surface area contributed by atoms with E-state index in [1.807, 2.05) is 0 Å². The van der Waals surface area contributed by atoms with E-state index < -0.39 is 0 Å². The first-order valence-corrected chi connectivity index (χ1v) is 9.19. The number of nitrogens with zero attached hydrogens (tertiary/aromatic N) is 2. The smallest absolute Gasteiger partial charge is 0.265 e. The van der Waals surface area contributed by atoms with Gasteiger partial charge < -0.3 is 14.2 Å². The van der Waals surface area contributed by atoms with Gasteiger partial charge in [-0.3, -0.25) is 10.1 Å². The Morgan fingerprint density at radius 3 is 2.12 bits per heavy atom. The zero-order valence-corrected chi connectivity index (χ0v) is 16.8. The molecule has 0 saturated carbocycles. The Morgan fingerprint density at radius 2 is 1.65 bits per heavy atom. The van der Waals surface area contributed by atoms with Gasteiger partial charge in [0.1, 0.15) is 27.8 Å². The molecule has 2 aromatic rings. The Morgan fingerprint density at radius 1 is 1.08 bits per heavy atom. The Labute approximate surface area is 157 Å². The Hall–Kier alpha value is -2.35. The molecule has 2 rings (SSSR count). The number of hydrogen-bond acceptors (Lipinski definition) is 7. The van der Waals surface area contributed by atoms with Crippen LogP contribution >= 0.6 is 11.3 Å². The van der Waals surface area contributed by atoms with Gasteiger partial charge in [-0.15, -0.1) is 10.2 Å². The largest absolute Gasteiger partial charge is 0.496 e. The Kier molecular flexibility index (Phi) is 6.42. The number of methoxy groups -OCH3 is 3. The third-order valence-corrected chi connectivity index (χ3v) is 5.81. The molecule has 26 heavy (non-hydrogen) atoms. The van der Waals surface area contributed by atoms with Crippen molar-refractivity contribution in [1.29, 1.82) is 0 Å². The third-order valence-electron chi connectivity index (χ3n) is 4.66. The molecule has 1 N–H and O–H groups in total. The maximum Gasteiger partial charge on any atom is 0.265 e. The van der Waals surface area contributed by atoms with Gasteiger partial charge >= 0.3 is 0 Å².